The fraction of sp³-hybridized carbons (Fsp3) is 0.571. The summed E-state index contributed by atoms with van der Waals surface area (Å²) in [4.78, 5) is 0. The van der Waals surface area contributed by atoms with Gasteiger partial charge in [-0.15, -0.1) is 0 Å². The molecule has 0 aliphatic carbocycles. The highest BCUT2D eigenvalue weighted by Gasteiger charge is 2.14. The topological polar surface area (TPSA) is 30.5 Å². The van der Waals surface area contributed by atoms with Crippen molar-refractivity contribution < 1.29 is 9.47 Å². The Kier molecular flexibility index (Phi) is 7.73. The van der Waals surface area contributed by atoms with Gasteiger partial charge in [-0.05, 0) is 32.4 Å². The monoisotopic (exact) mass is 305 g/mol. The highest BCUT2D eigenvalue weighted by molar-refractivity contribution is 6.42. The highest BCUT2D eigenvalue weighted by Crippen LogP contribution is 2.29. The summed E-state index contributed by atoms with van der Waals surface area (Å²) in [6, 6.07) is 5.71. The van der Waals surface area contributed by atoms with Gasteiger partial charge >= 0.3 is 0 Å². The van der Waals surface area contributed by atoms with Crippen LogP contribution in [0.1, 0.15) is 32.4 Å². The molecule has 0 saturated carbocycles. The van der Waals surface area contributed by atoms with Crippen LogP contribution in [0.4, 0.5) is 0 Å². The third kappa shape index (κ3) is 5.28. The van der Waals surface area contributed by atoms with Gasteiger partial charge in [0.1, 0.15) is 0 Å². The van der Waals surface area contributed by atoms with Crippen molar-refractivity contribution in [3.05, 3.63) is 33.8 Å². The van der Waals surface area contributed by atoms with E-state index in [0.29, 0.717) is 29.8 Å². The van der Waals surface area contributed by atoms with Crippen molar-refractivity contribution in [3.8, 4) is 0 Å². The molecule has 1 atom stereocenters. The second kappa shape index (κ2) is 8.77. The summed E-state index contributed by atoms with van der Waals surface area (Å²) in [5.41, 5.74) is 0.973. The van der Waals surface area contributed by atoms with Gasteiger partial charge in [0.05, 0.1) is 10.0 Å². The first-order chi connectivity index (χ1) is 9.10. The van der Waals surface area contributed by atoms with E-state index in [1.807, 2.05) is 32.9 Å². The van der Waals surface area contributed by atoms with Crippen molar-refractivity contribution in [2.45, 2.75) is 33.1 Å². The second-order valence-corrected chi connectivity index (χ2v) is 4.90. The van der Waals surface area contributed by atoms with E-state index in [-0.39, 0.29) is 12.3 Å². The molecule has 19 heavy (non-hydrogen) atoms. The molecular formula is C14H21Cl2NO2. The number of ether oxygens (including phenoxy) is 2. The summed E-state index contributed by atoms with van der Waals surface area (Å²) < 4.78 is 11.0. The molecule has 0 aromatic heterocycles. The molecule has 0 bridgehead atoms. The molecule has 0 saturated heterocycles. The lowest BCUT2D eigenvalue weighted by Gasteiger charge is -2.21. The summed E-state index contributed by atoms with van der Waals surface area (Å²) in [6.45, 7) is 7.78. The normalized spacial score (nSPS) is 12.9. The Labute approximate surface area is 125 Å². The van der Waals surface area contributed by atoms with Crippen molar-refractivity contribution in [1.82, 2.24) is 5.32 Å². The molecule has 0 fully saturated rings. The lowest BCUT2D eigenvalue weighted by atomic mass is 10.1. The van der Waals surface area contributed by atoms with E-state index in [2.05, 4.69) is 5.32 Å². The van der Waals surface area contributed by atoms with Crippen LogP contribution in [0.3, 0.4) is 0 Å². The van der Waals surface area contributed by atoms with Crippen molar-refractivity contribution in [3.63, 3.8) is 0 Å². The number of halogens is 2. The van der Waals surface area contributed by atoms with Gasteiger partial charge in [0.2, 0.25) is 0 Å². The first-order valence-electron chi connectivity index (χ1n) is 6.50. The van der Waals surface area contributed by atoms with Crippen LogP contribution in [0.5, 0.6) is 0 Å². The summed E-state index contributed by atoms with van der Waals surface area (Å²) in [7, 11) is 0. The molecule has 3 nitrogen and oxygen atoms in total. The van der Waals surface area contributed by atoms with Crippen molar-refractivity contribution in [1.29, 1.82) is 0 Å². The Morgan fingerprint density at radius 3 is 2.37 bits per heavy atom. The van der Waals surface area contributed by atoms with E-state index >= 15 is 0 Å². The predicted molar refractivity (Wildman–Crippen MR) is 79.9 cm³/mol. The molecule has 0 aliphatic rings. The van der Waals surface area contributed by atoms with Crippen LogP contribution in [0, 0.1) is 0 Å². The van der Waals surface area contributed by atoms with Gasteiger partial charge in [0, 0.05) is 25.8 Å². The number of rotatable bonds is 8. The second-order valence-electron chi connectivity index (χ2n) is 4.11. The lowest BCUT2D eigenvalue weighted by molar-refractivity contribution is -0.133. The van der Waals surface area contributed by atoms with Crippen LogP contribution in [0.25, 0.3) is 0 Å². The number of hydrogen-bond acceptors (Lipinski definition) is 3. The van der Waals surface area contributed by atoms with Crippen LogP contribution < -0.4 is 5.32 Å². The van der Waals surface area contributed by atoms with Gasteiger partial charge in [0.25, 0.3) is 0 Å². The number of benzene rings is 1. The minimum atomic E-state index is -0.240. The average molecular weight is 306 g/mol. The predicted octanol–water partition coefficient (Wildman–Crippen LogP) is 4.04. The molecule has 0 aliphatic heterocycles. The zero-order valence-corrected chi connectivity index (χ0v) is 13.1. The molecule has 0 amide bonds. The Balaban J connectivity index is 2.58. The van der Waals surface area contributed by atoms with E-state index in [0.717, 1.165) is 5.56 Å². The van der Waals surface area contributed by atoms with Gasteiger partial charge in [-0.25, -0.2) is 0 Å². The summed E-state index contributed by atoms with van der Waals surface area (Å²) in [6.07, 6.45) is -0.240. The van der Waals surface area contributed by atoms with Gasteiger partial charge in [0.15, 0.2) is 6.29 Å². The Bertz CT molecular complexity index is 382. The zero-order chi connectivity index (χ0) is 14.3. The van der Waals surface area contributed by atoms with Crippen LogP contribution in [-0.2, 0) is 9.47 Å². The van der Waals surface area contributed by atoms with Gasteiger partial charge in [-0.1, -0.05) is 35.3 Å². The molecule has 1 unspecified atom stereocenters. The van der Waals surface area contributed by atoms with Crippen LogP contribution >= 0.6 is 23.2 Å². The molecule has 5 heteroatoms. The van der Waals surface area contributed by atoms with E-state index in [1.165, 1.54) is 0 Å². The van der Waals surface area contributed by atoms with Gasteiger partial charge in [-0.3, -0.25) is 0 Å². The SMILES string of the molecule is CCOC(CNC(C)c1cccc(Cl)c1Cl)OCC. The maximum absolute atomic E-state index is 6.19. The van der Waals surface area contributed by atoms with E-state index < -0.39 is 0 Å². The molecule has 0 spiro atoms. The number of nitrogens with one attached hydrogen (secondary N) is 1. The first-order valence-corrected chi connectivity index (χ1v) is 7.26. The number of hydrogen-bond donors (Lipinski definition) is 1. The first kappa shape index (κ1) is 16.7. The van der Waals surface area contributed by atoms with E-state index in [9.17, 15) is 0 Å². The lowest BCUT2D eigenvalue weighted by Crippen LogP contribution is -2.33. The molecule has 1 N–H and O–H groups in total. The van der Waals surface area contributed by atoms with Gasteiger partial charge < -0.3 is 14.8 Å². The molecule has 1 aromatic rings. The Hall–Kier alpha value is -0.320. The standard InChI is InChI=1S/C14H21Cl2NO2/c1-4-18-13(19-5-2)9-17-10(3)11-7-6-8-12(15)14(11)16/h6-8,10,13,17H,4-5,9H2,1-3H3. The van der Waals surface area contributed by atoms with E-state index in [4.69, 9.17) is 32.7 Å². The fourth-order valence-electron chi connectivity index (χ4n) is 1.78. The quantitative estimate of drug-likeness (QED) is 0.735. The van der Waals surface area contributed by atoms with Crippen LogP contribution in [-0.4, -0.2) is 26.0 Å². The van der Waals surface area contributed by atoms with Gasteiger partial charge in [-0.2, -0.15) is 0 Å². The molecule has 0 heterocycles. The third-order valence-electron chi connectivity index (χ3n) is 2.74. The minimum Gasteiger partial charge on any atom is -0.352 e. The highest BCUT2D eigenvalue weighted by atomic mass is 35.5. The van der Waals surface area contributed by atoms with Crippen LogP contribution in [0.2, 0.25) is 10.0 Å². The maximum Gasteiger partial charge on any atom is 0.169 e. The zero-order valence-electron chi connectivity index (χ0n) is 11.6. The summed E-state index contributed by atoms with van der Waals surface area (Å²) in [5, 5.41) is 4.50. The summed E-state index contributed by atoms with van der Waals surface area (Å²) in [5.74, 6) is 0. The largest absolute Gasteiger partial charge is 0.352 e. The smallest absolute Gasteiger partial charge is 0.169 e. The minimum absolute atomic E-state index is 0.0783. The van der Waals surface area contributed by atoms with E-state index in [1.54, 1.807) is 6.07 Å². The van der Waals surface area contributed by atoms with Crippen molar-refractivity contribution >= 4 is 23.2 Å². The van der Waals surface area contributed by atoms with Crippen LogP contribution in [0.15, 0.2) is 18.2 Å². The van der Waals surface area contributed by atoms with Crippen molar-refractivity contribution in [2.75, 3.05) is 19.8 Å². The molecule has 1 aromatic carbocycles. The average Bonchev–Trinajstić information content (AvgIpc) is 2.39. The molecule has 1 rings (SSSR count). The molecule has 108 valence electrons. The summed E-state index contributed by atoms with van der Waals surface area (Å²) >= 11 is 12.2. The molecule has 0 radical (unpaired) electrons. The Morgan fingerprint density at radius 1 is 1.16 bits per heavy atom. The maximum atomic E-state index is 6.19. The fourth-order valence-corrected chi connectivity index (χ4v) is 2.25. The third-order valence-corrected chi connectivity index (χ3v) is 3.58. The molecular weight excluding hydrogens is 285 g/mol. The van der Waals surface area contributed by atoms with Crippen molar-refractivity contribution in [2.24, 2.45) is 0 Å². The Morgan fingerprint density at radius 2 is 1.79 bits per heavy atom.